The van der Waals surface area contributed by atoms with Gasteiger partial charge in [-0.15, -0.1) is 0 Å². The van der Waals surface area contributed by atoms with Crippen molar-refractivity contribution >= 4 is 10.9 Å². The van der Waals surface area contributed by atoms with Crippen molar-refractivity contribution in [3.8, 4) is 5.75 Å². The Balaban J connectivity index is 1.91. The van der Waals surface area contributed by atoms with Gasteiger partial charge in [-0.3, -0.25) is 0 Å². The van der Waals surface area contributed by atoms with Crippen LogP contribution in [0.3, 0.4) is 0 Å². The van der Waals surface area contributed by atoms with E-state index in [2.05, 4.69) is 29.4 Å². The van der Waals surface area contributed by atoms with Gasteiger partial charge < -0.3 is 10.1 Å². The van der Waals surface area contributed by atoms with Crippen molar-refractivity contribution in [2.24, 2.45) is 0 Å². The molecule has 0 aliphatic rings. The van der Waals surface area contributed by atoms with Crippen molar-refractivity contribution in [1.29, 1.82) is 0 Å². The number of nitrogens with zero attached hydrogens (tertiary/aromatic N) is 1. The van der Waals surface area contributed by atoms with Gasteiger partial charge in [-0.1, -0.05) is 18.2 Å². The normalized spacial score (nSPS) is 12.6. The minimum Gasteiger partial charge on any atom is -0.491 e. The van der Waals surface area contributed by atoms with Crippen LogP contribution in [0.2, 0.25) is 0 Å². The molecular formula is C17H24N2O. The number of aromatic nitrogens is 1. The van der Waals surface area contributed by atoms with E-state index in [1.165, 1.54) is 12.8 Å². The van der Waals surface area contributed by atoms with Crippen LogP contribution in [0.4, 0.5) is 0 Å². The molecule has 0 aliphatic heterocycles. The van der Waals surface area contributed by atoms with Gasteiger partial charge >= 0.3 is 0 Å². The Morgan fingerprint density at radius 2 is 2.05 bits per heavy atom. The summed E-state index contributed by atoms with van der Waals surface area (Å²) in [5.74, 6) is 0.896. The number of unbranched alkanes of at least 4 members (excludes halogenated alkanes) is 1. The van der Waals surface area contributed by atoms with Gasteiger partial charge in [0.1, 0.15) is 11.3 Å². The molecule has 1 N–H and O–H groups in total. The van der Waals surface area contributed by atoms with Gasteiger partial charge in [0.2, 0.25) is 0 Å². The quantitative estimate of drug-likeness (QED) is 0.780. The van der Waals surface area contributed by atoms with Crippen molar-refractivity contribution < 1.29 is 4.74 Å². The highest BCUT2D eigenvalue weighted by molar-refractivity contribution is 5.84. The largest absolute Gasteiger partial charge is 0.491 e. The Bertz CT molecular complexity index is 554. The smallest absolute Gasteiger partial charge is 0.145 e. The van der Waals surface area contributed by atoms with E-state index in [-0.39, 0.29) is 0 Å². The molecule has 0 spiro atoms. The van der Waals surface area contributed by atoms with Crippen LogP contribution in [0.1, 0.15) is 31.9 Å². The molecule has 0 bridgehead atoms. The zero-order valence-electron chi connectivity index (χ0n) is 12.6. The van der Waals surface area contributed by atoms with Crippen molar-refractivity contribution in [2.75, 3.05) is 13.7 Å². The molecule has 2 aromatic rings. The summed E-state index contributed by atoms with van der Waals surface area (Å²) in [6.45, 7) is 4.97. The number of hydrogen-bond donors (Lipinski definition) is 1. The Labute approximate surface area is 121 Å². The molecular weight excluding hydrogens is 248 g/mol. The number of rotatable bonds is 7. The molecule has 20 heavy (non-hydrogen) atoms. The zero-order chi connectivity index (χ0) is 14.4. The van der Waals surface area contributed by atoms with Crippen LogP contribution >= 0.6 is 0 Å². The van der Waals surface area contributed by atoms with Gasteiger partial charge in [0.15, 0.2) is 0 Å². The second kappa shape index (κ2) is 7.25. The first kappa shape index (κ1) is 14.8. The number of ether oxygens (including phenoxy) is 1. The first-order valence-corrected chi connectivity index (χ1v) is 7.37. The average Bonchev–Trinajstić information content (AvgIpc) is 2.46. The highest BCUT2D eigenvalue weighted by Gasteiger charge is 2.04. The van der Waals surface area contributed by atoms with Crippen molar-refractivity contribution in [2.45, 2.75) is 39.2 Å². The van der Waals surface area contributed by atoms with E-state index in [4.69, 9.17) is 4.74 Å². The van der Waals surface area contributed by atoms with E-state index in [1.807, 2.05) is 32.2 Å². The molecule has 1 aromatic heterocycles. The molecule has 1 heterocycles. The minimum absolute atomic E-state index is 0.580. The number of pyridine rings is 1. The Hall–Kier alpha value is -1.61. The maximum Gasteiger partial charge on any atom is 0.145 e. The Kier molecular flexibility index (Phi) is 5.36. The number of fused-ring (bicyclic) bond motifs is 1. The summed E-state index contributed by atoms with van der Waals surface area (Å²) in [7, 11) is 2.01. The van der Waals surface area contributed by atoms with E-state index in [1.54, 1.807) is 0 Å². The van der Waals surface area contributed by atoms with Gasteiger partial charge in [0.25, 0.3) is 0 Å². The van der Waals surface area contributed by atoms with E-state index >= 15 is 0 Å². The fraction of sp³-hybridized carbons (Fsp3) is 0.471. The molecule has 3 nitrogen and oxygen atoms in total. The molecule has 0 aliphatic carbocycles. The fourth-order valence-electron chi connectivity index (χ4n) is 2.21. The van der Waals surface area contributed by atoms with Crippen molar-refractivity contribution in [3.63, 3.8) is 0 Å². The number of benzene rings is 1. The van der Waals surface area contributed by atoms with E-state index in [0.717, 1.165) is 35.4 Å². The van der Waals surface area contributed by atoms with Gasteiger partial charge in [0, 0.05) is 17.1 Å². The molecule has 1 atom stereocenters. The summed E-state index contributed by atoms with van der Waals surface area (Å²) in [6.07, 6.45) is 3.44. The molecule has 1 aromatic carbocycles. The SMILES string of the molecule is CNC(C)CCCCOc1cccc2ccc(C)nc12. The van der Waals surface area contributed by atoms with Gasteiger partial charge in [-0.05, 0) is 52.3 Å². The van der Waals surface area contributed by atoms with Crippen LogP contribution in [0.15, 0.2) is 30.3 Å². The van der Waals surface area contributed by atoms with Crippen LogP contribution < -0.4 is 10.1 Å². The third kappa shape index (κ3) is 3.94. The Morgan fingerprint density at radius 3 is 2.85 bits per heavy atom. The highest BCUT2D eigenvalue weighted by Crippen LogP contribution is 2.24. The molecule has 2 rings (SSSR count). The summed E-state index contributed by atoms with van der Waals surface area (Å²) < 4.78 is 5.91. The second-order valence-corrected chi connectivity index (χ2v) is 5.31. The van der Waals surface area contributed by atoms with Crippen LogP contribution in [0.5, 0.6) is 5.75 Å². The van der Waals surface area contributed by atoms with Crippen LogP contribution in [-0.2, 0) is 0 Å². The lowest BCUT2D eigenvalue weighted by molar-refractivity contribution is 0.305. The molecule has 0 radical (unpaired) electrons. The molecule has 0 saturated carbocycles. The summed E-state index contributed by atoms with van der Waals surface area (Å²) in [5, 5.41) is 4.39. The third-order valence-electron chi connectivity index (χ3n) is 3.60. The molecule has 0 amide bonds. The van der Waals surface area contributed by atoms with Crippen LogP contribution in [0.25, 0.3) is 10.9 Å². The number of para-hydroxylation sites is 1. The average molecular weight is 272 g/mol. The summed E-state index contributed by atoms with van der Waals surface area (Å²) >= 11 is 0. The van der Waals surface area contributed by atoms with Crippen LogP contribution in [0, 0.1) is 6.92 Å². The summed E-state index contributed by atoms with van der Waals surface area (Å²) in [6, 6.07) is 10.8. The van der Waals surface area contributed by atoms with E-state index in [9.17, 15) is 0 Å². The third-order valence-corrected chi connectivity index (χ3v) is 3.60. The molecule has 1 unspecified atom stereocenters. The maximum absolute atomic E-state index is 5.91. The fourth-order valence-corrected chi connectivity index (χ4v) is 2.21. The monoisotopic (exact) mass is 272 g/mol. The second-order valence-electron chi connectivity index (χ2n) is 5.31. The number of hydrogen-bond acceptors (Lipinski definition) is 3. The Morgan fingerprint density at radius 1 is 1.20 bits per heavy atom. The lowest BCUT2D eigenvalue weighted by Gasteiger charge is -2.11. The topological polar surface area (TPSA) is 34.1 Å². The molecule has 108 valence electrons. The first-order chi connectivity index (χ1) is 9.70. The standard InChI is InChI=1S/C17H24N2O/c1-13(18-3)7-4-5-12-20-16-9-6-8-15-11-10-14(2)19-17(15)16/h6,8-11,13,18H,4-5,7,12H2,1-3H3. The predicted octanol–water partition coefficient (Wildman–Crippen LogP) is 3.70. The molecule has 0 fully saturated rings. The lowest BCUT2D eigenvalue weighted by Crippen LogP contribution is -2.20. The molecule has 3 heteroatoms. The van der Waals surface area contributed by atoms with Gasteiger partial charge in [-0.25, -0.2) is 4.98 Å². The van der Waals surface area contributed by atoms with E-state index in [0.29, 0.717) is 6.04 Å². The van der Waals surface area contributed by atoms with Crippen molar-refractivity contribution in [3.05, 3.63) is 36.0 Å². The first-order valence-electron chi connectivity index (χ1n) is 7.37. The van der Waals surface area contributed by atoms with Crippen LogP contribution in [-0.4, -0.2) is 24.7 Å². The lowest BCUT2D eigenvalue weighted by atomic mass is 10.1. The van der Waals surface area contributed by atoms with E-state index < -0.39 is 0 Å². The predicted molar refractivity (Wildman–Crippen MR) is 84.3 cm³/mol. The van der Waals surface area contributed by atoms with Crippen molar-refractivity contribution in [1.82, 2.24) is 10.3 Å². The molecule has 0 saturated heterocycles. The maximum atomic E-state index is 5.91. The summed E-state index contributed by atoms with van der Waals surface area (Å²) in [4.78, 5) is 4.58. The zero-order valence-corrected chi connectivity index (χ0v) is 12.6. The minimum atomic E-state index is 0.580. The summed E-state index contributed by atoms with van der Waals surface area (Å²) in [5.41, 5.74) is 1.99. The van der Waals surface area contributed by atoms with Gasteiger partial charge in [0.05, 0.1) is 6.61 Å². The van der Waals surface area contributed by atoms with Gasteiger partial charge in [-0.2, -0.15) is 0 Å². The number of aryl methyl sites for hydroxylation is 1. The number of nitrogens with one attached hydrogen (secondary N) is 1. The highest BCUT2D eigenvalue weighted by atomic mass is 16.5.